The second-order valence-corrected chi connectivity index (χ2v) is 6.60. The summed E-state index contributed by atoms with van der Waals surface area (Å²) in [6.07, 6.45) is 1.80. The van der Waals surface area contributed by atoms with Crippen LogP contribution in [0.25, 0.3) is 0 Å². The van der Waals surface area contributed by atoms with E-state index in [0.29, 0.717) is 12.5 Å². The van der Waals surface area contributed by atoms with Gasteiger partial charge in [-0.05, 0) is 5.92 Å². The minimum atomic E-state index is -0.417. The molecule has 0 unspecified atom stereocenters. The van der Waals surface area contributed by atoms with E-state index in [1.807, 2.05) is 19.2 Å². The molecule has 122 valence electrons. The lowest BCUT2D eigenvalue weighted by Gasteiger charge is -2.33. The van der Waals surface area contributed by atoms with E-state index in [2.05, 4.69) is 25.4 Å². The highest BCUT2D eigenvalue weighted by atomic mass is 32.1. The van der Waals surface area contributed by atoms with Crippen LogP contribution in [-0.4, -0.2) is 61.1 Å². The number of rotatable bonds is 5. The molecule has 1 aliphatic heterocycles. The van der Waals surface area contributed by atoms with Crippen LogP contribution in [-0.2, 0) is 4.79 Å². The number of urea groups is 1. The van der Waals surface area contributed by atoms with Crippen LogP contribution in [0.3, 0.4) is 0 Å². The van der Waals surface area contributed by atoms with Crippen molar-refractivity contribution in [1.82, 2.24) is 20.5 Å². The van der Waals surface area contributed by atoms with E-state index in [1.54, 1.807) is 17.5 Å². The van der Waals surface area contributed by atoms with Crippen molar-refractivity contribution in [2.24, 2.45) is 5.92 Å². The van der Waals surface area contributed by atoms with Gasteiger partial charge < -0.3 is 10.2 Å². The van der Waals surface area contributed by atoms with Gasteiger partial charge in [0.2, 0.25) is 5.91 Å². The summed E-state index contributed by atoms with van der Waals surface area (Å²) in [5, 5.41) is 8.03. The number of hydrogen-bond donors (Lipinski definition) is 2. The molecule has 8 heteroatoms. The lowest BCUT2D eigenvalue weighted by molar-refractivity contribution is -0.121. The SMILES string of the molecule is CC(C)CNC(=O)NC(=O)CN1CCN(c2nccs2)CC1. The Kier molecular flexibility index (Phi) is 6.14. The monoisotopic (exact) mass is 325 g/mol. The molecule has 1 fully saturated rings. The quantitative estimate of drug-likeness (QED) is 0.835. The number of carbonyl (C=O) groups excluding carboxylic acids is 2. The van der Waals surface area contributed by atoms with E-state index < -0.39 is 6.03 Å². The molecular formula is C14H23N5O2S. The highest BCUT2D eigenvalue weighted by Gasteiger charge is 2.20. The minimum Gasteiger partial charge on any atom is -0.346 e. The Bertz CT molecular complexity index is 483. The van der Waals surface area contributed by atoms with Gasteiger partial charge in [-0.1, -0.05) is 13.8 Å². The van der Waals surface area contributed by atoms with Gasteiger partial charge in [-0.2, -0.15) is 0 Å². The molecule has 0 radical (unpaired) electrons. The van der Waals surface area contributed by atoms with Crippen LogP contribution in [0.1, 0.15) is 13.8 Å². The molecule has 0 spiro atoms. The Morgan fingerprint density at radius 2 is 2.05 bits per heavy atom. The highest BCUT2D eigenvalue weighted by molar-refractivity contribution is 7.13. The van der Waals surface area contributed by atoms with Gasteiger partial charge in [0.05, 0.1) is 6.54 Å². The lowest BCUT2D eigenvalue weighted by atomic mass is 10.2. The van der Waals surface area contributed by atoms with E-state index in [-0.39, 0.29) is 12.5 Å². The van der Waals surface area contributed by atoms with Gasteiger partial charge in [0, 0.05) is 44.3 Å². The summed E-state index contributed by atoms with van der Waals surface area (Å²) in [6.45, 7) is 8.10. The number of nitrogens with one attached hydrogen (secondary N) is 2. The minimum absolute atomic E-state index is 0.251. The molecule has 2 rings (SSSR count). The molecule has 0 aliphatic carbocycles. The maximum Gasteiger partial charge on any atom is 0.321 e. The number of thiazole rings is 1. The molecule has 0 saturated carbocycles. The normalized spacial score (nSPS) is 15.9. The molecule has 2 N–H and O–H groups in total. The number of amides is 3. The highest BCUT2D eigenvalue weighted by Crippen LogP contribution is 2.18. The summed E-state index contributed by atoms with van der Waals surface area (Å²) in [6, 6.07) is -0.417. The van der Waals surface area contributed by atoms with Gasteiger partial charge >= 0.3 is 6.03 Å². The maximum absolute atomic E-state index is 11.8. The molecule has 3 amide bonds. The predicted molar refractivity (Wildman–Crippen MR) is 87.1 cm³/mol. The predicted octanol–water partition coefficient (Wildman–Crippen LogP) is 0.747. The van der Waals surface area contributed by atoms with Gasteiger partial charge in [0.1, 0.15) is 0 Å². The Morgan fingerprint density at radius 3 is 2.64 bits per heavy atom. The molecular weight excluding hydrogens is 302 g/mol. The van der Waals surface area contributed by atoms with Gasteiger partial charge in [-0.15, -0.1) is 11.3 Å². The van der Waals surface area contributed by atoms with Crippen molar-refractivity contribution in [3.05, 3.63) is 11.6 Å². The molecule has 0 atom stereocenters. The third-order valence-corrected chi connectivity index (χ3v) is 4.19. The first-order valence-electron chi connectivity index (χ1n) is 7.49. The molecule has 22 heavy (non-hydrogen) atoms. The molecule has 0 aromatic carbocycles. The fraction of sp³-hybridized carbons (Fsp3) is 0.643. The van der Waals surface area contributed by atoms with E-state index >= 15 is 0 Å². The van der Waals surface area contributed by atoms with Crippen LogP contribution in [0, 0.1) is 5.92 Å². The van der Waals surface area contributed by atoms with E-state index in [4.69, 9.17) is 0 Å². The van der Waals surface area contributed by atoms with Crippen LogP contribution >= 0.6 is 11.3 Å². The van der Waals surface area contributed by atoms with Gasteiger partial charge in [0.25, 0.3) is 0 Å². The topological polar surface area (TPSA) is 77.6 Å². The summed E-state index contributed by atoms with van der Waals surface area (Å²) in [5.41, 5.74) is 0. The average molecular weight is 325 g/mol. The van der Waals surface area contributed by atoms with Crippen LogP contribution in [0.15, 0.2) is 11.6 Å². The number of carbonyl (C=O) groups is 2. The second-order valence-electron chi connectivity index (χ2n) is 5.73. The van der Waals surface area contributed by atoms with Crippen LogP contribution in [0.2, 0.25) is 0 Å². The summed E-state index contributed by atoms with van der Waals surface area (Å²) >= 11 is 1.62. The largest absolute Gasteiger partial charge is 0.346 e. The standard InChI is InChI=1S/C14H23N5O2S/c1-11(2)9-16-13(21)17-12(20)10-18-4-6-19(7-5-18)14-15-3-8-22-14/h3,8,11H,4-7,9-10H2,1-2H3,(H2,16,17,20,21). The zero-order valence-electron chi connectivity index (χ0n) is 13.0. The summed E-state index contributed by atoms with van der Waals surface area (Å²) < 4.78 is 0. The number of piperazine rings is 1. The van der Waals surface area contributed by atoms with Crippen molar-refractivity contribution < 1.29 is 9.59 Å². The number of anilines is 1. The average Bonchev–Trinajstić information content (AvgIpc) is 3.00. The first kappa shape index (κ1) is 16.7. The van der Waals surface area contributed by atoms with E-state index in [1.165, 1.54) is 0 Å². The second kappa shape index (κ2) is 8.09. The molecule has 7 nitrogen and oxygen atoms in total. The van der Waals surface area contributed by atoms with Crippen molar-refractivity contribution >= 4 is 28.4 Å². The van der Waals surface area contributed by atoms with Crippen molar-refractivity contribution in [2.75, 3.05) is 44.2 Å². The van der Waals surface area contributed by atoms with Crippen molar-refractivity contribution in [3.63, 3.8) is 0 Å². The number of hydrogen-bond acceptors (Lipinski definition) is 6. The molecule has 2 heterocycles. The number of nitrogens with zero attached hydrogens (tertiary/aromatic N) is 3. The van der Waals surface area contributed by atoms with Gasteiger partial charge in [0.15, 0.2) is 5.13 Å². The van der Waals surface area contributed by atoms with Crippen molar-refractivity contribution in [1.29, 1.82) is 0 Å². The van der Waals surface area contributed by atoms with Crippen molar-refractivity contribution in [3.8, 4) is 0 Å². The van der Waals surface area contributed by atoms with Gasteiger partial charge in [-0.25, -0.2) is 9.78 Å². The molecule has 0 bridgehead atoms. The third-order valence-electron chi connectivity index (χ3n) is 3.35. The molecule has 1 aromatic rings. The summed E-state index contributed by atoms with van der Waals surface area (Å²) in [4.78, 5) is 31.9. The fourth-order valence-corrected chi connectivity index (χ4v) is 2.88. The van der Waals surface area contributed by atoms with E-state index in [9.17, 15) is 9.59 Å². The molecule has 1 aliphatic rings. The molecule has 1 aromatic heterocycles. The Hall–Kier alpha value is -1.67. The first-order chi connectivity index (χ1) is 10.5. The summed E-state index contributed by atoms with van der Waals surface area (Å²) in [5.74, 6) is 0.101. The zero-order valence-corrected chi connectivity index (χ0v) is 13.9. The Morgan fingerprint density at radius 1 is 1.32 bits per heavy atom. The number of imide groups is 1. The first-order valence-corrected chi connectivity index (χ1v) is 8.37. The van der Waals surface area contributed by atoms with Crippen molar-refractivity contribution in [2.45, 2.75) is 13.8 Å². The zero-order chi connectivity index (χ0) is 15.9. The van der Waals surface area contributed by atoms with Crippen LogP contribution < -0.4 is 15.5 Å². The lowest BCUT2D eigenvalue weighted by Crippen LogP contribution is -2.51. The Labute approximate surface area is 134 Å². The maximum atomic E-state index is 11.8. The number of aromatic nitrogens is 1. The summed E-state index contributed by atoms with van der Waals surface area (Å²) in [7, 11) is 0. The van der Waals surface area contributed by atoms with Crippen LogP contribution in [0.4, 0.5) is 9.93 Å². The van der Waals surface area contributed by atoms with E-state index in [0.717, 1.165) is 31.3 Å². The smallest absolute Gasteiger partial charge is 0.321 e. The van der Waals surface area contributed by atoms with Gasteiger partial charge in [-0.3, -0.25) is 15.0 Å². The Balaban J connectivity index is 1.67. The molecule has 1 saturated heterocycles. The van der Waals surface area contributed by atoms with Crippen LogP contribution in [0.5, 0.6) is 0 Å². The third kappa shape index (κ3) is 5.27. The fourth-order valence-electron chi connectivity index (χ4n) is 2.18.